The van der Waals surface area contributed by atoms with Gasteiger partial charge in [-0.3, -0.25) is 4.81 Å². The monoisotopic (exact) mass is 332 g/mol. The van der Waals surface area contributed by atoms with Crippen LogP contribution in [0, 0.1) is 20.8 Å². The summed E-state index contributed by atoms with van der Waals surface area (Å²) >= 11 is 0. The summed E-state index contributed by atoms with van der Waals surface area (Å²) in [5.41, 5.74) is 6.69. The van der Waals surface area contributed by atoms with Crippen molar-refractivity contribution in [3.05, 3.63) is 52.7 Å². The van der Waals surface area contributed by atoms with Crippen LogP contribution in [0.4, 0.5) is 5.82 Å². The number of allylic oxidation sites excluding steroid dienone is 1. The van der Waals surface area contributed by atoms with E-state index >= 15 is 0 Å². The molecule has 4 heterocycles. The second-order valence-electron chi connectivity index (χ2n) is 7.13. The van der Waals surface area contributed by atoms with Crippen molar-refractivity contribution in [3.8, 4) is 0 Å². The van der Waals surface area contributed by atoms with E-state index in [1.165, 1.54) is 28.1 Å². The average Bonchev–Trinajstić information content (AvgIpc) is 2.89. The smallest absolute Gasteiger partial charge is 0.413 e. The first-order chi connectivity index (χ1) is 11.9. The molecule has 0 unspecified atom stereocenters. The van der Waals surface area contributed by atoms with Gasteiger partial charge in [0.25, 0.3) is 5.82 Å². The van der Waals surface area contributed by atoms with Gasteiger partial charge in [-0.1, -0.05) is 0 Å². The Bertz CT molecular complexity index is 1040. The molecule has 3 aromatic rings. The Morgan fingerprint density at radius 2 is 1.88 bits per heavy atom. The van der Waals surface area contributed by atoms with Gasteiger partial charge in [0.1, 0.15) is 5.76 Å². The Morgan fingerprint density at radius 3 is 2.64 bits per heavy atom. The molecule has 3 aromatic heterocycles. The first-order valence-corrected chi connectivity index (χ1v) is 8.71. The molecule has 4 nitrogen and oxygen atoms in total. The predicted molar refractivity (Wildman–Crippen MR) is 103 cm³/mol. The normalized spacial score (nSPS) is 14.1. The number of hydrogen-bond acceptors (Lipinski definition) is 3. The fraction of sp³-hybridized carbons (Fsp3) is 0.300. The number of hydrogen-bond donors (Lipinski definition) is 0. The molecule has 0 radical (unpaired) electrons. The molecule has 0 saturated carbocycles. The Labute approximate surface area is 148 Å². The van der Waals surface area contributed by atoms with Gasteiger partial charge in [-0.15, -0.1) is 0 Å². The van der Waals surface area contributed by atoms with E-state index in [1.807, 2.05) is 6.92 Å². The lowest BCUT2D eigenvalue weighted by molar-refractivity contribution is -0.658. The molecule has 4 rings (SSSR count). The Kier molecular flexibility index (Phi) is 3.49. The molecule has 0 fully saturated rings. The van der Waals surface area contributed by atoms with E-state index in [1.54, 1.807) is 0 Å². The van der Waals surface area contributed by atoms with Crippen LogP contribution in [0.25, 0.3) is 17.2 Å². The highest BCUT2D eigenvalue weighted by Gasteiger charge is 2.40. The molecule has 0 bridgehead atoms. The van der Waals surface area contributed by atoms with Gasteiger partial charge in [0.2, 0.25) is 5.71 Å². The van der Waals surface area contributed by atoms with Crippen molar-refractivity contribution in [2.75, 3.05) is 4.81 Å². The SMILES string of the molecule is CB1c2c(oc3nc(C)ccc23)C=C(C)N1c1cc(C)c(C)c[n+]1C. The van der Waals surface area contributed by atoms with Gasteiger partial charge in [-0.25, -0.2) is 9.55 Å². The maximum absolute atomic E-state index is 6.05. The average molecular weight is 332 g/mol. The largest absolute Gasteiger partial charge is 0.439 e. The quantitative estimate of drug-likeness (QED) is 0.506. The van der Waals surface area contributed by atoms with Crippen LogP contribution >= 0.6 is 0 Å². The number of aryl methyl sites for hydroxylation is 4. The second-order valence-corrected chi connectivity index (χ2v) is 7.13. The molecule has 126 valence electrons. The molecule has 1 aliphatic rings. The summed E-state index contributed by atoms with van der Waals surface area (Å²) in [6.07, 6.45) is 4.32. The maximum Gasteiger partial charge on any atom is 0.413 e. The molecular formula is C20H23BN3O+. The second kappa shape index (κ2) is 5.48. The van der Waals surface area contributed by atoms with Crippen molar-refractivity contribution < 1.29 is 8.98 Å². The number of furan rings is 1. The number of nitrogens with zero attached hydrogens (tertiary/aromatic N) is 3. The van der Waals surface area contributed by atoms with Crippen LogP contribution in [0.3, 0.4) is 0 Å². The van der Waals surface area contributed by atoms with Gasteiger partial charge in [0, 0.05) is 28.7 Å². The van der Waals surface area contributed by atoms with E-state index in [-0.39, 0.29) is 6.85 Å². The summed E-state index contributed by atoms with van der Waals surface area (Å²) in [4.78, 5) is 6.94. The zero-order valence-electron chi connectivity index (χ0n) is 15.7. The minimum atomic E-state index is 0.180. The van der Waals surface area contributed by atoms with E-state index < -0.39 is 0 Å². The highest BCUT2D eigenvalue weighted by Crippen LogP contribution is 2.28. The molecule has 5 heteroatoms. The standard InChI is InChI=1S/C20H23BN3O/c1-12-9-18(23(6)11-13(12)2)24-15(4)10-17-19(21(24)5)16-8-7-14(3)22-20(16)25-17/h7-11H,1-6H3/q+1. The number of fused-ring (bicyclic) bond motifs is 3. The predicted octanol–water partition coefficient (Wildman–Crippen LogP) is 3.29. The number of aromatic nitrogens is 2. The summed E-state index contributed by atoms with van der Waals surface area (Å²) in [5, 5.41) is 1.10. The summed E-state index contributed by atoms with van der Waals surface area (Å²) in [6, 6.07) is 6.44. The summed E-state index contributed by atoms with van der Waals surface area (Å²) in [6.45, 7) is 10.9. The van der Waals surface area contributed by atoms with Gasteiger partial charge >= 0.3 is 6.85 Å². The van der Waals surface area contributed by atoms with E-state index in [0.717, 1.165) is 22.6 Å². The topological polar surface area (TPSA) is 33.2 Å². The summed E-state index contributed by atoms with van der Waals surface area (Å²) in [5.74, 6) is 2.12. The lowest BCUT2D eigenvalue weighted by atomic mass is 9.54. The maximum atomic E-state index is 6.05. The third-order valence-corrected chi connectivity index (χ3v) is 5.25. The highest BCUT2D eigenvalue weighted by atomic mass is 16.3. The number of pyridine rings is 2. The van der Waals surface area contributed by atoms with Crippen molar-refractivity contribution >= 4 is 35.3 Å². The fourth-order valence-corrected chi connectivity index (χ4v) is 3.83. The van der Waals surface area contributed by atoms with Crippen molar-refractivity contribution in [2.45, 2.75) is 34.5 Å². The van der Waals surface area contributed by atoms with Crippen LogP contribution in [0.5, 0.6) is 0 Å². The molecule has 0 N–H and O–H groups in total. The molecule has 0 saturated heterocycles. The molecule has 0 aromatic carbocycles. The Balaban J connectivity index is 1.92. The zero-order valence-corrected chi connectivity index (χ0v) is 15.7. The molecular weight excluding hydrogens is 309 g/mol. The molecule has 1 aliphatic heterocycles. The first-order valence-electron chi connectivity index (χ1n) is 8.71. The highest BCUT2D eigenvalue weighted by molar-refractivity contribution is 6.79. The van der Waals surface area contributed by atoms with Crippen LogP contribution in [-0.2, 0) is 7.05 Å². The zero-order chi connectivity index (χ0) is 17.9. The lowest BCUT2D eigenvalue weighted by Gasteiger charge is -2.27. The van der Waals surface area contributed by atoms with Crippen molar-refractivity contribution in [1.82, 2.24) is 4.98 Å². The first kappa shape index (κ1) is 15.9. The van der Waals surface area contributed by atoms with Gasteiger partial charge in [0.15, 0.2) is 0 Å². The molecule has 0 atom stereocenters. The van der Waals surface area contributed by atoms with Crippen molar-refractivity contribution in [1.29, 1.82) is 0 Å². The van der Waals surface area contributed by atoms with Gasteiger partial charge in [-0.2, -0.15) is 0 Å². The number of anilines is 1. The van der Waals surface area contributed by atoms with Crippen LogP contribution in [0.2, 0.25) is 6.82 Å². The van der Waals surface area contributed by atoms with E-state index in [2.05, 4.69) is 79.5 Å². The van der Waals surface area contributed by atoms with E-state index in [0.29, 0.717) is 0 Å². The van der Waals surface area contributed by atoms with Crippen LogP contribution < -0.4 is 14.8 Å². The minimum Gasteiger partial charge on any atom is -0.439 e. The van der Waals surface area contributed by atoms with E-state index in [9.17, 15) is 0 Å². The molecule has 25 heavy (non-hydrogen) atoms. The van der Waals surface area contributed by atoms with Crippen LogP contribution in [0.15, 0.2) is 34.5 Å². The van der Waals surface area contributed by atoms with Crippen LogP contribution in [-0.4, -0.2) is 11.8 Å². The van der Waals surface area contributed by atoms with Crippen molar-refractivity contribution in [2.24, 2.45) is 7.05 Å². The number of rotatable bonds is 1. The summed E-state index contributed by atoms with van der Waals surface area (Å²) < 4.78 is 8.25. The summed E-state index contributed by atoms with van der Waals surface area (Å²) in [7, 11) is 2.11. The fourth-order valence-electron chi connectivity index (χ4n) is 3.83. The third-order valence-electron chi connectivity index (χ3n) is 5.25. The van der Waals surface area contributed by atoms with Gasteiger partial charge < -0.3 is 4.42 Å². The molecule has 0 spiro atoms. The van der Waals surface area contributed by atoms with Crippen molar-refractivity contribution in [3.63, 3.8) is 0 Å². The molecule has 0 aliphatic carbocycles. The van der Waals surface area contributed by atoms with Gasteiger partial charge in [-0.05, 0) is 57.8 Å². The van der Waals surface area contributed by atoms with Gasteiger partial charge in [0.05, 0.1) is 18.9 Å². The Hall–Kier alpha value is -2.56. The third kappa shape index (κ3) is 2.37. The Morgan fingerprint density at radius 1 is 1.12 bits per heavy atom. The van der Waals surface area contributed by atoms with E-state index in [4.69, 9.17) is 4.42 Å². The van der Waals surface area contributed by atoms with Crippen LogP contribution in [0.1, 0.15) is 29.5 Å². The minimum absolute atomic E-state index is 0.180. The lowest BCUT2D eigenvalue weighted by Crippen LogP contribution is -2.52. The molecule has 0 amide bonds.